The van der Waals surface area contributed by atoms with E-state index < -0.39 is 17.6 Å². The van der Waals surface area contributed by atoms with Crippen molar-refractivity contribution < 1.29 is 18.0 Å². The lowest BCUT2D eigenvalue weighted by Gasteiger charge is -2.12. The molecule has 4 rings (SSSR count). The summed E-state index contributed by atoms with van der Waals surface area (Å²) in [4.78, 5) is 20.5. The first kappa shape index (κ1) is 17.7. The molecule has 140 valence electrons. The second-order valence-electron chi connectivity index (χ2n) is 5.88. The Labute approximate surface area is 156 Å². The van der Waals surface area contributed by atoms with E-state index in [2.05, 4.69) is 20.4 Å². The third-order valence-corrected chi connectivity index (χ3v) is 4.05. The summed E-state index contributed by atoms with van der Waals surface area (Å²) in [5.74, 6) is -0.425. The zero-order valence-electron chi connectivity index (χ0n) is 14.2. The lowest BCUT2D eigenvalue weighted by molar-refractivity contribution is -0.137. The minimum atomic E-state index is -4.51. The van der Waals surface area contributed by atoms with E-state index in [0.29, 0.717) is 5.56 Å². The van der Waals surface area contributed by atoms with Gasteiger partial charge in [-0.1, -0.05) is 18.2 Å². The number of nitrogens with zero attached hydrogens (tertiary/aromatic N) is 4. The van der Waals surface area contributed by atoms with Crippen LogP contribution in [0.4, 0.5) is 18.9 Å². The summed E-state index contributed by atoms with van der Waals surface area (Å²) >= 11 is 0. The number of nitrogens with one attached hydrogen (secondary N) is 1. The highest BCUT2D eigenvalue weighted by atomic mass is 19.4. The average Bonchev–Trinajstić information content (AvgIpc) is 3.10. The molecule has 4 aromatic rings. The first-order chi connectivity index (χ1) is 13.4. The van der Waals surface area contributed by atoms with E-state index in [1.165, 1.54) is 53.6 Å². The second-order valence-corrected chi connectivity index (χ2v) is 5.88. The van der Waals surface area contributed by atoms with Gasteiger partial charge in [0.05, 0.1) is 23.0 Å². The molecule has 0 saturated carbocycles. The van der Waals surface area contributed by atoms with Crippen molar-refractivity contribution in [2.24, 2.45) is 0 Å². The molecule has 0 atom stereocenters. The SMILES string of the molecule is O=C(Nc1cnn2ccc(-c3ccccc3C(F)(F)F)nc12)c1cccnc1. The Kier molecular flexibility index (Phi) is 4.26. The number of hydrogen-bond donors (Lipinski definition) is 1. The molecule has 3 heterocycles. The average molecular weight is 383 g/mol. The molecular formula is C19H12F3N5O. The summed E-state index contributed by atoms with van der Waals surface area (Å²) in [6, 6.07) is 9.84. The third-order valence-electron chi connectivity index (χ3n) is 4.05. The molecule has 9 heteroatoms. The normalized spacial score (nSPS) is 11.5. The van der Waals surface area contributed by atoms with Gasteiger partial charge in [-0.05, 0) is 24.3 Å². The number of anilines is 1. The van der Waals surface area contributed by atoms with Gasteiger partial charge >= 0.3 is 6.18 Å². The molecule has 28 heavy (non-hydrogen) atoms. The number of aromatic nitrogens is 4. The van der Waals surface area contributed by atoms with Gasteiger partial charge in [-0.2, -0.15) is 18.3 Å². The minimum absolute atomic E-state index is 0.0526. The number of halogens is 3. The summed E-state index contributed by atoms with van der Waals surface area (Å²) in [7, 11) is 0. The van der Waals surface area contributed by atoms with Gasteiger partial charge in [0.2, 0.25) is 0 Å². The molecular weight excluding hydrogens is 371 g/mol. The monoisotopic (exact) mass is 383 g/mol. The molecule has 6 nitrogen and oxygen atoms in total. The fourth-order valence-corrected chi connectivity index (χ4v) is 2.75. The fraction of sp³-hybridized carbons (Fsp3) is 0.0526. The maximum absolute atomic E-state index is 13.3. The van der Waals surface area contributed by atoms with Gasteiger partial charge in [0.1, 0.15) is 5.69 Å². The Morgan fingerprint density at radius 2 is 1.86 bits per heavy atom. The Morgan fingerprint density at radius 3 is 2.61 bits per heavy atom. The van der Waals surface area contributed by atoms with Gasteiger partial charge in [0.15, 0.2) is 5.65 Å². The minimum Gasteiger partial charge on any atom is -0.317 e. The van der Waals surface area contributed by atoms with Crippen molar-refractivity contribution in [2.45, 2.75) is 6.18 Å². The Morgan fingerprint density at radius 1 is 1.04 bits per heavy atom. The molecule has 0 unspecified atom stereocenters. The zero-order valence-corrected chi connectivity index (χ0v) is 14.2. The van der Waals surface area contributed by atoms with Gasteiger partial charge in [0.25, 0.3) is 5.91 Å². The molecule has 0 fully saturated rings. The number of carbonyl (C=O) groups excluding carboxylic acids is 1. The van der Waals surface area contributed by atoms with Crippen LogP contribution in [-0.4, -0.2) is 25.5 Å². The standard InChI is InChI=1S/C19H12F3N5O/c20-19(21,22)14-6-2-1-5-13(14)15-7-9-27-17(25-15)16(11-24-27)26-18(28)12-4-3-8-23-10-12/h1-11H,(H,26,28). The topological polar surface area (TPSA) is 72.2 Å². The van der Waals surface area contributed by atoms with Crippen LogP contribution in [0.1, 0.15) is 15.9 Å². The van der Waals surface area contributed by atoms with Gasteiger partial charge in [-0.25, -0.2) is 9.50 Å². The first-order valence-electron chi connectivity index (χ1n) is 8.16. The van der Waals surface area contributed by atoms with Crippen molar-refractivity contribution in [2.75, 3.05) is 5.32 Å². The van der Waals surface area contributed by atoms with Crippen molar-refractivity contribution >= 4 is 17.2 Å². The maximum atomic E-state index is 13.3. The third kappa shape index (κ3) is 3.29. The predicted molar refractivity (Wildman–Crippen MR) is 95.6 cm³/mol. The van der Waals surface area contributed by atoms with Crippen LogP contribution in [0, 0.1) is 0 Å². The molecule has 1 aromatic carbocycles. The predicted octanol–water partition coefficient (Wildman–Crippen LogP) is 4.06. The molecule has 1 N–H and O–H groups in total. The largest absolute Gasteiger partial charge is 0.417 e. The highest BCUT2D eigenvalue weighted by molar-refractivity contribution is 6.05. The molecule has 1 amide bonds. The first-order valence-corrected chi connectivity index (χ1v) is 8.16. The Hall–Kier alpha value is -3.75. The number of benzene rings is 1. The molecule has 0 saturated heterocycles. The van der Waals surface area contributed by atoms with E-state index in [1.807, 2.05) is 0 Å². The van der Waals surface area contributed by atoms with Gasteiger partial charge in [-0.3, -0.25) is 9.78 Å². The van der Waals surface area contributed by atoms with Gasteiger partial charge < -0.3 is 5.32 Å². The zero-order chi connectivity index (χ0) is 19.7. The number of pyridine rings is 1. The Bertz CT molecular complexity index is 1160. The highest BCUT2D eigenvalue weighted by Gasteiger charge is 2.33. The van der Waals surface area contributed by atoms with Crippen LogP contribution < -0.4 is 5.32 Å². The van der Waals surface area contributed by atoms with E-state index in [-0.39, 0.29) is 22.6 Å². The number of alkyl halides is 3. The van der Waals surface area contributed by atoms with Crippen LogP contribution in [-0.2, 0) is 6.18 Å². The summed E-state index contributed by atoms with van der Waals surface area (Å²) in [6.07, 6.45) is 1.31. The van der Waals surface area contributed by atoms with Crippen LogP contribution in [0.5, 0.6) is 0 Å². The van der Waals surface area contributed by atoms with Crippen LogP contribution in [0.15, 0.2) is 67.3 Å². The maximum Gasteiger partial charge on any atom is 0.417 e. The quantitative estimate of drug-likeness (QED) is 0.579. The molecule has 0 bridgehead atoms. The lowest BCUT2D eigenvalue weighted by Crippen LogP contribution is -2.12. The van der Waals surface area contributed by atoms with Crippen molar-refractivity contribution in [1.82, 2.24) is 19.6 Å². The van der Waals surface area contributed by atoms with Gasteiger partial charge in [0, 0.05) is 24.2 Å². The molecule has 0 spiro atoms. The van der Waals surface area contributed by atoms with Crippen LogP contribution in [0.2, 0.25) is 0 Å². The van der Waals surface area contributed by atoms with Crippen molar-refractivity contribution in [3.8, 4) is 11.3 Å². The van der Waals surface area contributed by atoms with Crippen molar-refractivity contribution in [3.63, 3.8) is 0 Å². The molecule has 0 radical (unpaired) electrons. The smallest absolute Gasteiger partial charge is 0.317 e. The molecule has 0 aliphatic rings. The summed E-state index contributed by atoms with van der Waals surface area (Å²) in [5, 5.41) is 6.73. The van der Waals surface area contributed by atoms with Crippen LogP contribution in [0.25, 0.3) is 16.9 Å². The summed E-state index contributed by atoms with van der Waals surface area (Å²) < 4.78 is 41.3. The van der Waals surface area contributed by atoms with E-state index in [0.717, 1.165) is 6.07 Å². The summed E-state index contributed by atoms with van der Waals surface area (Å²) in [5.41, 5.74) is 0.126. The van der Waals surface area contributed by atoms with Crippen molar-refractivity contribution in [1.29, 1.82) is 0 Å². The van der Waals surface area contributed by atoms with E-state index in [4.69, 9.17) is 0 Å². The van der Waals surface area contributed by atoms with Gasteiger partial charge in [-0.15, -0.1) is 0 Å². The number of hydrogen-bond acceptors (Lipinski definition) is 4. The number of amides is 1. The number of fused-ring (bicyclic) bond motifs is 1. The van der Waals surface area contributed by atoms with E-state index >= 15 is 0 Å². The molecule has 0 aliphatic carbocycles. The summed E-state index contributed by atoms with van der Waals surface area (Å²) in [6.45, 7) is 0. The van der Waals surface area contributed by atoms with Crippen molar-refractivity contribution in [3.05, 3.63) is 78.4 Å². The number of rotatable bonds is 3. The lowest BCUT2D eigenvalue weighted by atomic mass is 10.0. The molecule has 3 aromatic heterocycles. The second kappa shape index (κ2) is 6.76. The number of carbonyl (C=O) groups is 1. The van der Waals surface area contributed by atoms with Crippen LogP contribution in [0.3, 0.4) is 0 Å². The van der Waals surface area contributed by atoms with E-state index in [9.17, 15) is 18.0 Å². The van der Waals surface area contributed by atoms with E-state index in [1.54, 1.807) is 12.1 Å². The molecule has 0 aliphatic heterocycles. The fourth-order valence-electron chi connectivity index (χ4n) is 2.75. The van der Waals surface area contributed by atoms with Crippen LogP contribution >= 0.6 is 0 Å². The highest BCUT2D eigenvalue weighted by Crippen LogP contribution is 2.36. The Balaban J connectivity index is 1.75.